The number of hydrogen-bond donors (Lipinski definition) is 2. The maximum atomic E-state index is 12.4. The van der Waals surface area contributed by atoms with Crippen LogP contribution in [0.1, 0.15) is 29.9 Å². The Morgan fingerprint density at radius 2 is 1.97 bits per heavy atom. The van der Waals surface area contributed by atoms with Crippen molar-refractivity contribution >= 4 is 17.0 Å². The fraction of sp³-hybridized carbons (Fsp3) is 0.292. The summed E-state index contributed by atoms with van der Waals surface area (Å²) < 4.78 is 22.0. The Morgan fingerprint density at radius 1 is 1.16 bits per heavy atom. The van der Waals surface area contributed by atoms with Gasteiger partial charge in [0.15, 0.2) is 11.5 Å². The Morgan fingerprint density at radius 3 is 2.68 bits per heavy atom. The minimum absolute atomic E-state index is 0.133. The van der Waals surface area contributed by atoms with Crippen LogP contribution in [0.5, 0.6) is 17.2 Å². The van der Waals surface area contributed by atoms with Crippen LogP contribution in [0.25, 0.3) is 11.0 Å². The summed E-state index contributed by atoms with van der Waals surface area (Å²) in [5.41, 5.74) is 2.56. The van der Waals surface area contributed by atoms with Crippen molar-refractivity contribution in [1.29, 1.82) is 0 Å². The van der Waals surface area contributed by atoms with Crippen molar-refractivity contribution in [2.24, 2.45) is 0 Å². The molecule has 0 fully saturated rings. The van der Waals surface area contributed by atoms with Crippen LogP contribution in [-0.4, -0.2) is 26.9 Å². The standard InChI is InChI=1S/C24H26N2O5/c1-6-11-30-22-12-17(7-9-21(22)29-5)14-25-24(27)26-16(3)23-15(2)19-13-18(28-4)8-10-20(19)31-23/h1,7-10,12-13,16H,11,14H2,2-5H3,(H2,25,26,27). The molecule has 0 aliphatic carbocycles. The maximum Gasteiger partial charge on any atom is 0.315 e. The Labute approximate surface area is 181 Å². The van der Waals surface area contributed by atoms with Crippen LogP contribution >= 0.6 is 0 Å². The molecule has 0 bridgehead atoms. The van der Waals surface area contributed by atoms with Crippen molar-refractivity contribution < 1.29 is 23.4 Å². The number of furan rings is 1. The molecule has 0 spiro atoms. The SMILES string of the molecule is C#CCOc1cc(CNC(=O)NC(C)c2oc3ccc(OC)cc3c2C)ccc1OC. The average molecular weight is 422 g/mol. The number of carbonyl (C=O) groups excluding carboxylic acids is 1. The number of nitrogens with one attached hydrogen (secondary N) is 2. The number of terminal acetylenes is 1. The average Bonchev–Trinajstić information content (AvgIpc) is 3.12. The lowest BCUT2D eigenvalue weighted by Gasteiger charge is -2.14. The van der Waals surface area contributed by atoms with Gasteiger partial charge in [0.25, 0.3) is 0 Å². The van der Waals surface area contributed by atoms with Gasteiger partial charge in [-0.15, -0.1) is 6.42 Å². The Bertz CT molecular complexity index is 1110. The second-order valence-corrected chi connectivity index (χ2v) is 6.98. The highest BCUT2D eigenvalue weighted by atomic mass is 16.5. The van der Waals surface area contributed by atoms with Gasteiger partial charge in [-0.05, 0) is 49.7 Å². The molecule has 3 aromatic rings. The highest BCUT2D eigenvalue weighted by molar-refractivity contribution is 5.84. The van der Waals surface area contributed by atoms with Gasteiger partial charge in [0.05, 0.1) is 20.3 Å². The number of urea groups is 1. The molecular weight excluding hydrogens is 396 g/mol. The van der Waals surface area contributed by atoms with E-state index in [9.17, 15) is 4.79 Å². The van der Waals surface area contributed by atoms with Crippen molar-refractivity contribution in [3.05, 3.63) is 53.3 Å². The molecule has 31 heavy (non-hydrogen) atoms. The Hall–Kier alpha value is -3.79. The highest BCUT2D eigenvalue weighted by Gasteiger charge is 2.19. The molecule has 0 aliphatic rings. The van der Waals surface area contributed by atoms with E-state index in [1.165, 1.54) is 0 Å². The van der Waals surface area contributed by atoms with Gasteiger partial charge in [0.2, 0.25) is 0 Å². The summed E-state index contributed by atoms with van der Waals surface area (Å²) in [4.78, 5) is 12.4. The van der Waals surface area contributed by atoms with Crippen LogP contribution < -0.4 is 24.8 Å². The molecule has 0 aliphatic heterocycles. The summed E-state index contributed by atoms with van der Waals surface area (Å²) in [6.07, 6.45) is 5.25. The molecule has 7 heteroatoms. The maximum absolute atomic E-state index is 12.4. The molecule has 2 N–H and O–H groups in total. The third-order valence-corrected chi connectivity index (χ3v) is 4.91. The van der Waals surface area contributed by atoms with Crippen LogP contribution in [0.2, 0.25) is 0 Å². The molecule has 162 valence electrons. The lowest BCUT2D eigenvalue weighted by atomic mass is 10.1. The fourth-order valence-corrected chi connectivity index (χ4v) is 3.32. The third-order valence-electron chi connectivity index (χ3n) is 4.91. The first kappa shape index (κ1) is 21.9. The Balaban J connectivity index is 1.64. The summed E-state index contributed by atoms with van der Waals surface area (Å²) in [7, 11) is 3.18. The first-order valence-electron chi connectivity index (χ1n) is 9.81. The van der Waals surface area contributed by atoms with E-state index in [1.54, 1.807) is 26.4 Å². The number of hydrogen-bond acceptors (Lipinski definition) is 5. The Kier molecular flexibility index (Phi) is 6.93. The van der Waals surface area contributed by atoms with Crippen LogP contribution in [0.15, 0.2) is 40.8 Å². The zero-order chi connectivity index (χ0) is 22.4. The van der Waals surface area contributed by atoms with E-state index in [1.807, 2.05) is 38.1 Å². The van der Waals surface area contributed by atoms with E-state index in [0.29, 0.717) is 23.8 Å². The summed E-state index contributed by atoms with van der Waals surface area (Å²) in [5, 5.41) is 6.71. The largest absolute Gasteiger partial charge is 0.497 e. The predicted molar refractivity (Wildman–Crippen MR) is 119 cm³/mol. The van der Waals surface area contributed by atoms with Gasteiger partial charge in [-0.3, -0.25) is 0 Å². The fourth-order valence-electron chi connectivity index (χ4n) is 3.32. The van der Waals surface area contributed by atoms with Gasteiger partial charge in [-0.25, -0.2) is 4.79 Å². The van der Waals surface area contributed by atoms with Crippen LogP contribution in [0, 0.1) is 19.3 Å². The second-order valence-electron chi connectivity index (χ2n) is 6.98. The minimum Gasteiger partial charge on any atom is -0.497 e. The van der Waals surface area contributed by atoms with Crippen LogP contribution in [0.3, 0.4) is 0 Å². The molecule has 1 atom stereocenters. The zero-order valence-corrected chi connectivity index (χ0v) is 18.1. The van der Waals surface area contributed by atoms with Crippen LogP contribution in [0.4, 0.5) is 4.79 Å². The molecule has 1 heterocycles. The number of aryl methyl sites for hydroxylation is 1. The van der Waals surface area contributed by atoms with Crippen molar-refractivity contribution in [2.75, 3.05) is 20.8 Å². The zero-order valence-electron chi connectivity index (χ0n) is 18.1. The first-order valence-corrected chi connectivity index (χ1v) is 9.81. The molecule has 0 radical (unpaired) electrons. The second kappa shape index (κ2) is 9.81. The van der Waals surface area contributed by atoms with E-state index < -0.39 is 0 Å². The number of fused-ring (bicyclic) bond motifs is 1. The summed E-state index contributed by atoms with van der Waals surface area (Å²) in [6.45, 7) is 4.28. The molecule has 2 amide bonds. The quantitative estimate of drug-likeness (QED) is 0.528. The van der Waals surface area contributed by atoms with Crippen molar-refractivity contribution in [2.45, 2.75) is 26.4 Å². The highest BCUT2D eigenvalue weighted by Crippen LogP contribution is 2.32. The molecule has 1 unspecified atom stereocenters. The van der Waals surface area contributed by atoms with E-state index in [0.717, 1.165) is 27.8 Å². The topological polar surface area (TPSA) is 82.0 Å². The van der Waals surface area contributed by atoms with Crippen molar-refractivity contribution in [3.8, 4) is 29.6 Å². The van der Waals surface area contributed by atoms with Crippen molar-refractivity contribution in [1.82, 2.24) is 10.6 Å². The lowest BCUT2D eigenvalue weighted by molar-refractivity contribution is 0.236. The van der Waals surface area contributed by atoms with Gasteiger partial charge in [0, 0.05) is 17.5 Å². The van der Waals surface area contributed by atoms with E-state index >= 15 is 0 Å². The van der Waals surface area contributed by atoms with E-state index in [2.05, 4.69) is 16.6 Å². The first-order chi connectivity index (χ1) is 15.0. The summed E-state index contributed by atoms with van der Waals surface area (Å²) in [6, 6.07) is 10.4. The molecule has 1 aromatic heterocycles. The van der Waals surface area contributed by atoms with E-state index in [4.69, 9.17) is 25.1 Å². The number of amides is 2. The number of benzene rings is 2. The van der Waals surface area contributed by atoms with Gasteiger partial charge >= 0.3 is 6.03 Å². The number of rotatable bonds is 8. The van der Waals surface area contributed by atoms with Gasteiger partial charge in [-0.1, -0.05) is 12.0 Å². The number of carbonyl (C=O) groups is 1. The van der Waals surface area contributed by atoms with Crippen molar-refractivity contribution in [3.63, 3.8) is 0 Å². The molecule has 3 rings (SSSR count). The lowest BCUT2D eigenvalue weighted by Crippen LogP contribution is -2.36. The molecular formula is C24H26N2O5. The molecule has 0 saturated carbocycles. The minimum atomic E-state index is -0.316. The number of methoxy groups -OCH3 is 2. The van der Waals surface area contributed by atoms with Crippen LogP contribution in [-0.2, 0) is 6.54 Å². The van der Waals surface area contributed by atoms with E-state index in [-0.39, 0.29) is 18.7 Å². The predicted octanol–water partition coefficient (Wildman–Crippen LogP) is 4.33. The summed E-state index contributed by atoms with van der Waals surface area (Å²) in [5.74, 6) is 4.99. The molecule has 7 nitrogen and oxygen atoms in total. The molecule has 0 saturated heterocycles. The smallest absolute Gasteiger partial charge is 0.315 e. The summed E-state index contributed by atoms with van der Waals surface area (Å²) >= 11 is 0. The van der Waals surface area contributed by atoms with Gasteiger partial charge in [0.1, 0.15) is 23.7 Å². The van der Waals surface area contributed by atoms with Gasteiger partial charge in [-0.2, -0.15) is 0 Å². The third kappa shape index (κ3) is 5.04. The number of ether oxygens (including phenoxy) is 3. The normalized spacial score (nSPS) is 11.5. The molecule has 2 aromatic carbocycles. The monoisotopic (exact) mass is 422 g/mol. The van der Waals surface area contributed by atoms with Gasteiger partial charge < -0.3 is 29.3 Å².